The van der Waals surface area contributed by atoms with Gasteiger partial charge in [0.05, 0.1) is 22.4 Å². The predicted octanol–water partition coefficient (Wildman–Crippen LogP) is 2.83. The molecule has 1 unspecified atom stereocenters. The van der Waals surface area contributed by atoms with Crippen LogP contribution in [-0.4, -0.2) is 40.9 Å². The lowest BCUT2D eigenvalue weighted by Crippen LogP contribution is -2.34. The molecule has 0 bridgehead atoms. The average Bonchev–Trinajstić information content (AvgIpc) is 3.40. The molecule has 2 aliphatic heterocycles. The summed E-state index contributed by atoms with van der Waals surface area (Å²) in [5.74, 6) is 1.63. The summed E-state index contributed by atoms with van der Waals surface area (Å²) in [6.07, 6.45) is 2.08. The van der Waals surface area contributed by atoms with Crippen LogP contribution in [-0.2, 0) is 27.6 Å². The third kappa shape index (κ3) is 4.19. The van der Waals surface area contributed by atoms with E-state index in [2.05, 4.69) is 15.7 Å². The highest BCUT2D eigenvalue weighted by molar-refractivity contribution is 7.98. The second-order valence-electron chi connectivity index (χ2n) is 6.80. The normalized spacial score (nSPS) is 18.1. The quantitative estimate of drug-likeness (QED) is 0.750. The van der Waals surface area contributed by atoms with E-state index in [4.69, 9.17) is 16.3 Å². The van der Waals surface area contributed by atoms with Gasteiger partial charge >= 0.3 is 0 Å². The van der Waals surface area contributed by atoms with Crippen LogP contribution in [0.2, 0.25) is 5.02 Å². The zero-order chi connectivity index (χ0) is 19.5. The van der Waals surface area contributed by atoms with Crippen LogP contribution in [0.3, 0.4) is 0 Å². The van der Waals surface area contributed by atoms with Gasteiger partial charge in [-0.05, 0) is 25.0 Å². The Balaban J connectivity index is 1.48. The van der Waals surface area contributed by atoms with Crippen LogP contribution >= 0.6 is 23.4 Å². The fraction of sp³-hybridized carbons (Fsp3) is 0.421. The fourth-order valence-corrected chi connectivity index (χ4v) is 4.62. The highest BCUT2D eigenvalue weighted by Gasteiger charge is 2.26. The lowest BCUT2D eigenvalue weighted by atomic mass is 10.2. The van der Waals surface area contributed by atoms with Crippen molar-refractivity contribution in [3.05, 3.63) is 46.1 Å². The molecular formula is C19H21ClN4O3S. The van der Waals surface area contributed by atoms with E-state index in [0.717, 1.165) is 42.2 Å². The Hall–Kier alpha value is -2.03. The number of fused-ring (bicyclic) bond motifs is 1. The zero-order valence-electron chi connectivity index (χ0n) is 15.2. The molecule has 9 heteroatoms. The van der Waals surface area contributed by atoms with Gasteiger partial charge in [0.25, 0.3) is 5.91 Å². The van der Waals surface area contributed by atoms with Crippen molar-refractivity contribution in [3.63, 3.8) is 0 Å². The van der Waals surface area contributed by atoms with Gasteiger partial charge in [-0.25, -0.2) is 4.68 Å². The number of rotatable bonds is 6. The summed E-state index contributed by atoms with van der Waals surface area (Å²) >= 11 is 7.87. The van der Waals surface area contributed by atoms with E-state index in [9.17, 15) is 9.59 Å². The van der Waals surface area contributed by atoms with Crippen molar-refractivity contribution in [3.8, 4) is 0 Å². The predicted molar refractivity (Wildman–Crippen MR) is 109 cm³/mol. The van der Waals surface area contributed by atoms with E-state index < -0.39 is 0 Å². The number of carbonyl (C=O) groups excluding carboxylic acids is 2. The summed E-state index contributed by atoms with van der Waals surface area (Å²) in [6.45, 7) is 1.29. The lowest BCUT2D eigenvalue weighted by Gasteiger charge is -2.13. The van der Waals surface area contributed by atoms with E-state index in [1.165, 1.54) is 0 Å². The van der Waals surface area contributed by atoms with Crippen molar-refractivity contribution < 1.29 is 14.3 Å². The van der Waals surface area contributed by atoms with Crippen molar-refractivity contribution in [2.45, 2.75) is 37.0 Å². The van der Waals surface area contributed by atoms with Crippen molar-refractivity contribution in [1.29, 1.82) is 0 Å². The number of ether oxygens (including phenoxy) is 1. The minimum Gasteiger partial charge on any atom is -0.376 e. The van der Waals surface area contributed by atoms with Crippen LogP contribution < -0.4 is 10.6 Å². The number of thioether (sulfide) groups is 1. The van der Waals surface area contributed by atoms with Crippen LogP contribution in [0.1, 0.15) is 34.5 Å². The van der Waals surface area contributed by atoms with E-state index in [1.54, 1.807) is 40.7 Å². The van der Waals surface area contributed by atoms with Gasteiger partial charge in [-0.15, -0.1) is 0 Å². The van der Waals surface area contributed by atoms with Crippen molar-refractivity contribution in [1.82, 2.24) is 15.1 Å². The molecule has 4 rings (SSSR count). The van der Waals surface area contributed by atoms with Crippen molar-refractivity contribution >= 4 is 41.0 Å². The maximum Gasteiger partial charge on any atom is 0.258 e. The molecule has 1 aromatic carbocycles. The molecule has 1 fully saturated rings. The first-order valence-electron chi connectivity index (χ1n) is 9.22. The van der Waals surface area contributed by atoms with Gasteiger partial charge in [0, 0.05) is 30.2 Å². The smallest absolute Gasteiger partial charge is 0.258 e. The first kappa shape index (κ1) is 19.3. The number of aromatic nitrogens is 2. The number of anilines is 1. The van der Waals surface area contributed by atoms with Crippen molar-refractivity contribution in [2.24, 2.45) is 0 Å². The van der Waals surface area contributed by atoms with Crippen LogP contribution in [0.4, 0.5) is 5.82 Å². The van der Waals surface area contributed by atoms with E-state index in [0.29, 0.717) is 22.9 Å². The van der Waals surface area contributed by atoms with E-state index >= 15 is 0 Å². The van der Waals surface area contributed by atoms with Gasteiger partial charge in [0.2, 0.25) is 5.91 Å². The zero-order valence-corrected chi connectivity index (χ0v) is 16.8. The minimum absolute atomic E-state index is 0.0442. The van der Waals surface area contributed by atoms with Gasteiger partial charge in [-0.3, -0.25) is 9.59 Å². The summed E-state index contributed by atoms with van der Waals surface area (Å²) in [6, 6.07) is 6.88. The van der Waals surface area contributed by atoms with Gasteiger partial charge in [0.1, 0.15) is 12.4 Å². The SMILES string of the molecule is O=C(Cn1nc2c(c1NC(=O)c1ccccc1Cl)CSC2)NCC1CCCO1. The Morgan fingerprint density at radius 2 is 2.18 bits per heavy atom. The molecule has 28 heavy (non-hydrogen) atoms. The molecule has 0 saturated carbocycles. The van der Waals surface area contributed by atoms with Crippen LogP contribution in [0.25, 0.3) is 0 Å². The Labute approximate surface area is 172 Å². The molecule has 2 aliphatic rings. The molecule has 2 amide bonds. The molecule has 0 radical (unpaired) electrons. The molecule has 0 spiro atoms. The fourth-order valence-electron chi connectivity index (χ4n) is 3.37. The van der Waals surface area contributed by atoms with Crippen LogP contribution in [0, 0.1) is 0 Å². The van der Waals surface area contributed by atoms with E-state index in [1.807, 2.05) is 0 Å². The first-order valence-corrected chi connectivity index (χ1v) is 10.8. The Morgan fingerprint density at radius 3 is 2.96 bits per heavy atom. The second-order valence-corrected chi connectivity index (χ2v) is 8.19. The molecule has 1 aromatic heterocycles. The highest BCUT2D eigenvalue weighted by Crippen LogP contribution is 2.35. The number of hydrogen-bond acceptors (Lipinski definition) is 5. The summed E-state index contributed by atoms with van der Waals surface area (Å²) in [5.41, 5.74) is 2.27. The molecule has 3 heterocycles. The molecule has 148 valence electrons. The van der Waals surface area contributed by atoms with Crippen LogP contribution in [0.5, 0.6) is 0 Å². The van der Waals surface area contributed by atoms with Gasteiger partial charge in [0.15, 0.2) is 0 Å². The number of nitrogens with one attached hydrogen (secondary N) is 2. The van der Waals surface area contributed by atoms with Crippen molar-refractivity contribution in [2.75, 3.05) is 18.5 Å². The Kier molecular flexibility index (Phi) is 5.89. The largest absolute Gasteiger partial charge is 0.376 e. The van der Waals surface area contributed by atoms with E-state index in [-0.39, 0.29) is 24.5 Å². The molecule has 0 aliphatic carbocycles. The number of benzene rings is 1. The first-order chi connectivity index (χ1) is 13.6. The monoisotopic (exact) mass is 420 g/mol. The topological polar surface area (TPSA) is 85.2 Å². The average molecular weight is 421 g/mol. The summed E-state index contributed by atoms with van der Waals surface area (Å²) in [4.78, 5) is 25.1. The number of carbonyl (C=O) groups is 2. The molecule has 2 N–H and O–H groups in total. The number of halogens is 1. The van der Waals surface area contributed by atoms with Gasteiger partial charge < -0.3 is 15.4 Å². The standard InChI is InChI=1S/C19H21ClN4O3S/c20-15-6-2-1-5-13(15)19(26)22-18-14-10-28-11-16(14)23-24(18)9-17(25)21-8-12-4-3-7-27-12/h1-2,5-6,12H,3-4,7-11H2,(H,21,25)(H,22,26). The maximum atomic E-state index is 12.7. The highest BCUT2D eigenvalue weighted by atomic mass is 35.5. The Bertz CT molecular complexity index is 895. The third-order valence-corrected chi connectivity index (χ3v) is 6.11. The molecule has 2 aromatic rings. The third-order valence-electron chi connectivity index (χ3n) is 4.81. The number of amides is 2. The lowest BCUT2D eigenvalue weighted by molar-refractivity contribution is -0.122. The Morgan fingerprint density at radius 1 is 1.32 bits per heavy atom. The van der Waals surface area contributed by atoms with Gasteiger partial charge in [-0.2, -0.15) is 16.9 Å². The van der Waals surface area contributed by atoms with Crippen LogP contribution in [0.15, 0.2) is 24.3 Å². The molecule has 7 nitrogen and oxygen atoms in total. The maximum absolute atomic E-state index is 12.7. The molecular weight excluding hydrogens is 400 g/mol. The summed E-state index contributed by atoms with van der Waals surface area (Å²) in [5, 5.41) is 10.7. The molecule has 1 saturated heterocycles. The number of hydrogen-bond donors (Lipinski definition) is 2. The van der Waals surface area contributed by atoms with Gasteiger partial charge in [-0.1, -0.05) is 23.7 Å². The second kappa shape index (κ2) is 8.55. The molecule has 1 atom stereocenters. The minimum atomic E-state index is -0.314. The summed E-state index contributed by atoms with van der Waals surface area (Å²) in [7, 11) is 0. The summed E-state index contributed by atoms with van der Waals surface area (Å²) < 4.78 is 7.10. The number of nitrogens with zero attached hydrogens (tertiary/aromatic N) is 2.